The van der Waals surface area contributed by atoms with Crippen LogP contribution in [-0.2, 0) is 6.42 Å². The molecule has 1 N–H and O–H groups in total. The van der Waals surface area contributed by atoms with E-state index in [9.17, 15) is 0 Å². The Kier molecular flexibility index (Phi) is 4.21. The minimum Gasteiger partial charge on any atom is -0.496 e. The van der Waals surface area contributed by atoms with Gasteiger partial charge in [0.05, 0.1) is 7.11 Å². The molecular weight excluding hydrogens is 222 g/mol. The second-order valence-corrected chi connectivity index (χ2v) is 4.70. The zero-order chi connectivity index (χ0) is 13.0. The Hall–Kier alpha value is -1.54. The molecule has 0 spiro atoms. The standard InChI is InChI=1S/C16H21NO/c1-12(17-2)8-9-13-10-11-16(18-3)15-7-5-4-6-14(13)15/h4-7,10-12,17H,8-9H2,1-3H3. The summed E-state index contributed by atoms with van der Waals surface area (Å²) in [5.41, 5.74) is 1.40. The Labute approximate surface area is 109 Å². The van der Waals surface area contributed by atoms with Gasteiger partial charge in [0.2, 0.25) is 0 Å². The molecule has 0 aliphatic carbocycles. The number of methoxy groups -OCH3 is 1. The maximum atomic E-state index is 5.42. The molecule has 1 unspecified atom stereocenters. The van der Waals surface area contributed by atoms with Crippen LogP contribution in [0, 0.1) is 0 Å². The van der Waals surface area contributed by atoms with Crippen LogP contribution in [0.4, 0.5) is 0 Å². The summed E-state index contributed by atoms with van der Waals surface area (Å²) < 4.78 is 5.42. The first-order valence-electron chi connectivity index (χ1n) is 6.48. The van der Waals surface area contributed by atoms with Gasteiger partial charge in [-0.1, -0.05) is 30.3 Å². The van der Waals surface area contributed by atoms with E-state index in [0.29, 0.717) is 6.04 Å². The fourth-order valence-corrected chi connectivity index (χ4v) is 2.25. The molecule has 18 heavy (non-hydrogen) atoms. The quantitative estimate of drug-likeness (QED) is 0.869. The fraction of sp³-hybridized carbons (Fsp3) is 0.375. The van der Waals surface area contributed by atoms with Gasteiger partial charge in [-0.2, -0.15) is 0 Å². The molecule has 0 aromatic heterocycles. The molecule has 0 saturated carbocycles. The maximum absolute atomic E-state index is 5.42. The van der Waals surface area contributed by atoms with Gasteiger partial charge in [-0.25, -0.2) is 0 Å². The van der Waals surface area contributed by atoms with E-state index in [0.717, 1.165) is 18.6 Å². The number of ether oxygens (including phenoxy) is 1. The van der Waals surface area contributed by atoms with Crippen LogP contribution in [0.2, 0.25) is 0 Å². The number of rotatable bonds is 5. The largest absolute Gasteiger partial charge is 0.496 e. The highest BCUT2D eigenvalue weighted by Crippen LogP contribution is 2.29. The first kappa shape index (κ1) is 12.9. The lowest BCUT2D eigenvalue weighted by Crippen LogP contribution is -2.21. The number of hydrogen-bond acceptors (Lipinski definition) is 2. The molecule has 2 nitrogen and oxygen atoms in total. The Morgan fingerprint density at radius 2 is 1.83 bits per heavy atom. The summed E-state index contributed by atoms with van der Waals surface area (Å²) >= 11 is 0. The second kappa shape index (κ2) is 5.87. The van der Waals surface area contributed by atoms with Crippen molar-refractivity contribution >= 4 is 10.8 Å². The molecule has 2 aromatic rings. The van der Waals surface area contributed by atoms with Crippen LogP contribution in [0.5, 0.6) is 5.75 Å². The van der Waals surface area contributed by atoms with E-state index in [4.69, 9.17) is 4.74 Å². The van der Waals surface area contributed by atoms with Crippen molar-refractivity contribution in [2.24, 2.45) is 0 Å². The van der Waals surface area contributed by atoms with Gasteiger partial charge in [0.1, 0.15) is 5.75 Å². The van der Waals surface area contributed by atoms with E-state index < -0.39 is 0 Å². The van der Waals surface area contributed by atoms with Crippen molar-refractivity contribution in [3.05, 3.63) is 42.0 Å². The normalized spacial score (nSPS) is 12.6. The SMILES string of the molecule is CNC(C)CCc1ccc(OC)c2ccccc12. The summed E-state index contributed by atoms with van der Waals surface area (Å²) in [5, 5.41) is 5.79. The lowest BCUT2D eigenvalue weighted by molar-refractivity contribution is 0.419. The summed E-state index contributed by atoms with van der Waals surface area (Å²) in [6.45, 7) is 2.21. The van der Waals surface area contributed by atoms with Crippen molar-refractivity contribution in [2.75, 3.05) is 14.2 Å². The van der Waals surface area contributed by atoms with Crippen molar-refractivity contribution in [3.8, 4) is 5.75 Å². The topological polar surface area (TPSA) is 21.3 Å². The minimum absolute atomic E-state index is 0.547. The van der Waals surface area contributed by atoms with Gasteiger partial charge < -0.3 is 10.1 Å². The summed E-state index contributed by atoms with van der Waals surface area (Å²) in [5.74, 6) is 0.955. The van der Waals surface area contributed by atoms with Crippen molar-refractivity contribution in [3.63, 3.8) is 0 Å². The molecule has 0 fully saturated rings. The molecule has 0 radical (unpaired) electrons. The summed E-state index contributed by atoms with van der Waals surface area (Å²) in [6, 6.07) is 13.3. The van der Waals surface area contributed by atoms with Gasteiger partial charge in [-0.3, -0.25) is 0 Å². The van der Waals surface area contributed by atoms with Gasteiger partial charge in [0, 0.05) is 11.4 Å². The maximum Gasteiger partial charge on any atom is 0.126 e. The van der Waals surface area contributed by atoms with Gasteiger partial charge in [-0.05, 0) is 43.8 Å². The van der Waals surface area contributed by atoms with E-state index in [2.05, 4.69) is 48.6 Å². The van der Waals surface area contributed by atoms with Crippen LogP contribution in [0.3, 0.4) is 0 Å². The average Bonchev–Trinajstić information content (AvgIpc) is 2.44. The third kappa shape index (κ3) is 2.65. The highest BCUT2D eigenvalue weighted by Gasteiger charge is 2.07. The third-order valence-electron chi connectivity index (χ3n) is 3.53. The molecule has 2 rings (SSSR count). The molecular formula is C16H21NO. The van der Waals surface area contributed by atoms with E-state index in [1.54, 1.807) is 7.11 Å². The Morgan fingerprint density at radius 1 is 1.11 bits per heavy atom. The van der Waals surface area contributed by atoms with E-state index >= 15 is 0 Å². The zero-order valence-corrected chi connectivity index (χ0v) is 11.4. The zero-order valence-electron chi connectivity index (χ0n) is 11.4. The van der Waals surface area contributed by atoms with E-state index in [1.807, 2.05) is 7.05 Å². The van der Waals surface area contributed by atoms with Gasteiger partial charge in [0.15, 0.2) is 0 Å². The van der Waals surface area contributed by atoms with Crippen LogP contribution in [0.1, 0.15) is 18.9 Å². The molecule has 0 amide bonds. The summed E-state index contributed by atoms with van der Waals surface area (Å²) in [7, 11) is 3.74. The molecule has 2 heteroatoms. The number of hydrogen-bond donors (Lipinski definition) is 1. The van der Waals surface area contributed by atoms with Crippen LogP contribution >= 0.6 is 0 Å². The highest BCUT2D eigenvalue weighted by atomic mass is 16.5. The third-order valence-corrected chi connectivity index (χ3v) is 3.53. The Bertz CT molecular complexity index is 521. The van der Waals surface area contributed by atoms with Crippen molar-refractivity contribution in [2.45, 2.75) is 25.8 Å². The van der Waals surface area contributed by atoms with Gasteiger partial charge in [0.25, 0.3) is 0 Å². The van der Waals surface area contributed by atoms with Crippen molar-refractivity contribution in [1.29, 1.82) is 0 Å². The van der Waals surface area contributed by atoms with Crippen LogP contribution in [0.25, 0.3) is 10.8 Å². The molecule has 0 heterocycles. The van der Waals surface area contributed by atoms with Crippen LogP contribution < -0.4 is 10.1 Å². The smallest absolute Gasteiger partial charge is 0.126 e. The Morgan fingerprint density at radius 3 is 2.50 bits per heavy atom. The number of nitrogens with one attached hydrogen (secondary N) is 1. The average molecular weight is 243 g/mol. The molecule has 0 aliphatic rings. The first-order valence-corrected chi connectivity index (χ1v) is 6.48. The second-order valence-electron chi connectivity index (χ2n) is 4.70. The number of benzene rings is 2. The summed E-state index contributed by atoms with van der Waals surface area (Å²) in [6.07, 6.45) is 2.24. The molecule has 0 saturated heterocycles. The predicted octanol–water partition coefficient (Wildman–Crippen LogP) is 3.39. The Balaban J connectivity index is 2.34. The monoisotopic (exact) mass is 243 g/mol. The molecule has 1 atom stereocenters. The van der Waals surface area contributed by atoms with Crippen molar-refractivity contribution in [1.82, 2.24) is 5.32 Å². The summed E-state index contributed by atoms with van der Waals surface area (Å²) in [4.78, 5) is 0. The highest BCUT2D eigenvalue weighted by molar-refractivity contribution is 5.91. The first-order chi connectivity index (χ1) is 8.76. The van der Waals surface area contributed by atoms with Crippen LogP contribution in [-0.4, -0.2) is 20.2 Å². The molecule has 2 aromatic carbocycles. The number of aryl methyl sites for hydroxylation is 1. The van der Waals surface area contributed by atoms with Crippen LogP contribution in [0.15, 0.2) is 36.4 Å². The predicted molar refractivity (Wildman–Crippen MR) is 77.3 cm³/mol. The molecule has 0 bridgehead atoms. The fourth-order valence-electron chi connectivity index (χ4n) is 2.25. The molecule has 96 valence electrons. The lowest BCUT2D eigenvalue weighted by Gasteiger charge is -2.13. The lowest BCUT2D eigenvalue weighted by atomic mass is 9.98. The number of fused-ring (bicyclic) bond motifs is 1. The minimum atomic E-state index is 0.547. The van der Waals surface area contributed by atoms with Crippen molar-refractivity contribution < 1.29 is 4.74 Å². The molecule has 0 aliphatic heterocycles. The van der Waals surface area contributed by atoms with E-state index in [-0.39, 0.29) is 0 Å². The van der Waals surface area contributed by atoms with Gasteiger partial charge >= 0.3 is 0 Å². The van der Waals surface area contributed by atoms with E-state index in [1.165, 1.54) is 16.3 Å². The van der Waals surface area contributed by atoms with Gasteiger partial charge in [-0.15, -0.1) is 0 Å².